The van der Waals surface area contributed by atoms with Crippen molar-refractivity contribution in [3.63, 3.8) is 0 Å². The van der Waals surface area contributed by atoms with E-state index in [4.69, 9.17) is 11.6 Å². The van der Waals surface area contributed by atoms with E-state index in [-0.39, 0.29) is 22.1 Å². The summed E-state index contributed by atoms with van der Waals surface area (Å²) in [6.07, 6.45) is 5.13. The molecule has 4 rings (SSSR count). The fraction of sp³-hybridized carbons (Fsp3) is 0.333. The molecule has 0 nitrogen and oxygen atoms in total. The van der Waals surface area contributed by atoms with Gasteiger partial charge >= 0.3 is 0 Å². The van der Waals surface area contributed by atoms with E-state index in [0.29, 0.717) is 17.4 Å². The molecule has 3 aromatic rings. The van der Waals surface area contributed by atoms with Gasteiger partial charge in [-0.3, -0.25) is 0 Å². The van der Waals surface area contributed by atoms with Gasteiger partial charge in [0, 0.05) is 0 Å². The molecule has 1 aliphatic carbocycles. The number of rotatable bonds is 5. The molecule has 1 fully saturated rings. The van der Waals surface area contributed by atoms with E-state index in [1.54, 1.807) is 0 Å². The van der Waals surface area contributed by atoms with Crippen molar-refractivity contribution in [3.05, 3.63) is 94.3 Å². The van der Waals surface area contributed by atoms with Crippen molar-refractivity contribution in [1.82, 2.24) is 0 Å². The van der Waals surface area contributed by atoms with Crippen LogP contribution in [0.15, 0.2) is 60.7 Å². The predicted molar refractivity (Wildman–Crippen MR) is 121 cm³/mol. The van der Waals surface area contributed by atoms with Crippen molar-refractivity contribution < 1.29 is 13.2 Å². The fourth-order valence-electron chi connectivity index (χ4n) is 4.90. The summed E-state index contributed by atoms with van der Waals surface area (Å²) < 4.78 is 43.4. The molecule has 1 saturated carbocycles. The van der Waals surface area contributed by atoms with Crippen LogP contribution >= 0.6 is 11.6 Å². The van der Waals surface area contributed by atoms with Crippen LogP contribution < -0.4 is 0 Å². The van der Waals surface area contributed by atoms with E-state index >= 15 is 0 Å². The third-order valence-electron chi connectivity index (χ3n) is 6.65. The van der Waals surface area contributed by atoms with Crippen molar-refractivity contribution in [2.24, 2.45) is 5.92 Å². The Labute approximate surface area is 187 Å². The van der Waals surface area contributed by atoms with Crippen LogP contribution in [-0.2, 0) is 0 Å². The van der Waals surface area contributed by atoms with Crippen molar-refractivity contribution in [1.29, 1.82) is 0 Å². The van der Waals surface area contributed by atoms with E-state index in [1.807, 2.05) is 6.07 Å². The van der Waals surface area contributed by atoms with Crippen LogP contribution in [0, 0.1) is 23.4 Å². The molecule has 0 spiro atoms. The highest BCUT2D eigenvalue weighted by Gasteiger charge is 2.26. The lowest BCUT2D eigenvalue weighted by atomic mass is 9.75. The van der Waals surface area contributed by atoms with Gasteiger partial charge in [-0.15, -0.1) is 0 Å². The van der Waals surface area contributed by atoms with E-state index in [2.05, 4.69) is 31.2 Å². The van der Waals surface area contributed by atoms with Crippen LogP contribution in [0.4, 0.5) is 13.2 Å². The SMILES string of the molecule is CC(CC1CCC(c2cc(F)c(-c3ccc(Cl)c(F)c3)c(F)c2)CC1)c1ccccc1. The number of hydrogen-bond acceptors (Lipinski definition) is 0. The molecule has 1 atom stereocenters. The molecule has 0 radical (unpaired) electrons. The molecule has 0 bridgehead atoms. The zero-order valence-corrected chi connectivity index (χ0v) is 18.3. The summed E-state index contributed by atoms with van der Waals surface area (Å²) in [4.78, 5) is 0. The topological polar surface area (TPSA) is 0 Å². The third-order valence-corrected chi connectivity index (χ3v) is 6.95. The molecule has 1 unspecified atom stereocenters. The van der Waals surface area contributed by atoms with Gasteiger partial charge in [0.15, 0.2) is 0 Å². The van der Waals surface area contributed by atoms with Crippen molar-refractivity contribution in [3.8, 4) is 11.1 Å². The zero-order valence-electron chi connectivity index (χ0n) is 17.6. The summed E-state index contributed by atoms with van der Waals surface area (Å²) in [7, 11) is 0. The molecule has 31 heavy (non-hydrogen) atoms. The van der Waals surface area contributed by atoms with Gasteiger partial charge in [-0.1, -0.05) is 54.9 Å². The average Bonchev–Trinajstić information content (AvgIpc) is 2.77. The molecule has 0 saturated heterocycles. The van der Waals surface area contributed by atoms with E-state index in [1.165, 1.54) is 29.8 Å². The summed E-state index contributed by atoms with van der Waals surface area (Å²) in [6, 6.07) is 17.2. The zero-order chi connectivity index (χ0) is 22.0. The highest BCUT2D eigenvalue weighted by molar-refractivity contribution is 6.30. The lowest BCUT2D eigenvalue weighted by Gasteiger charge is -2.30. The number of halogens is 4. The summed E-state index contributed by atoms with van der Waals surface area (Å²) in [6.45, 7) is 2.27. The Balaban J connectivity index is 1.43. The first-order chi connectivity index (χ1) is 14.9. The molecule has 3 aromatic carbocycles. The lowest BCUT2D eigenvalue weighted by Crippen LogP contribution is -2.15. The maximum atomic E-state index is 14.8. The predicted octanol–water partition coefficient (Wildman–Crippen LogP) is 8.89. The first-order valence-corrected chi connectivity index (χ1v) is 11.3. The van der Waals surface area contributed by atoms with Gasteiger partial charge in [0.2, 0.25) is 0 Å². The van der Waals surface area contributed by atoms with Gasteiger partial charge in [-0.05, 0) is 90.8 Å². The van der Waals surface area contributed by atoms with Crippen LogP contribution in [0.3, 0.4) is 0 Å². The Kier molecular flexibility index (Phi) is 6.71. The minimum atomic E-state index is -0.690. The highest BCUT2D eigenvalue weighted by Crippen LogP contribution is 2.41. The van der Waals surface area contributed by atoms with E-state index in [0.717, 1.165) is 38.2 Å². The van der Waals surface area contributed by atoms with Crippen LogP contribution in [0.2, 0.25) is 5.02 Å². The number of benzene rings is 3. The number of hydrogen-bond donors (Lipinski definition) is 0. The van der Waals surface area contributed by atoms with Gasteiger partial charge in [-0.25, -0.2) is 13.2 Å². The Hall–Kier alpha value is -2.26. The summed E-state index contributed by atoms with van der Waals surface area (Å²) in [5.74, 6) is -0.698. The first-order valence-electron chi connectivity index (χ1n) is 10.9. The second-order valence-electron chi connectivity index (χ2n) is 8.75. The average molecular weight is 443 g/mol. The minimum absolute atomic E-state index is 0.0699. The van der Waals surface area contributed by atoms with Crippen LogP contribution in [0.25, 0.3) is 11.1 Å². The van der Waals surface area contributed by atoms with Crippen LogP contribution in [-0.4, -0.2) is 0 Å². The fourth-order valence-corrected chi connectivity index (χ4v) is 5.02. The molecule has 1 aliphatic rings. The molecule has 162 valence electrons. The van der Waals surface area contributed by atoms with Gasteiger partial charge < -0.3 is 0 Å². The maximum Gasteiger partial charge on any atom is 0.142 e. The summed E-state index contributed by atoms with van der Waals surface area (Å²) >= 11 is 5.69. The van der Waals surface area contributed by atoms with Gasteiger partial charge in [0.05, 0.1) is 10.6 Å². The lowest BCUT2D eigenvalue weighted by molar-refractivity contribution is 0.296. The molecular formula is C27H26ClF3. The minimum Gasteiger partial charge on any atom is -0.206 e. The Bertz CT molecular complexity index is 1020. The van der Waals surface area contributed by atoms with Crippen LogP contribution in [0.1, 0.15) is 62.0 Å². The standard InChI is InChI=1S/C27H26ClF3/c1-17(19-5-3-2-4-6-19)13-18-7-9-20(10-8-18)22-15-25(30)27(26(31)16-22)21-11-12-23(28)24(29)14-21/h2-6,11-12,14-18,20H,7-10,13H2,1H3. The van der Waals surface area contributed by atoms with Crippen LogP contribution in [0.5, 0.6) is 0 Å². The third kappa shape index (κ3) is 4.98. The second-order valence-corrected chi connectivity index (χ2v) is 9.16. The van der Waals surface area contributed by atoms with E-state index < -0.39 is 17.5 Å². The largest absolute Gasteiger partial charge is 0.206 e. The Morgan fingerprint density at radius 1 is 0.839 bits per heavy atom. The van der Waals surface area contributed by atoms with Crippen molar-refractivity contribution >= 4 is 11.6 Å². The molecular weight excluding hydrogens is 417 g/mol. The molecule has 0 aliphatic heterocycles. The molecule has 0 heterocycles. The molecule has 0 N–H and O–H groups in total. The second kappa shape index (κ2) is 9.48. The summed E-state index contributed by atoms with van der Waals surface area (Å²) in [5.41, 5.74) is 2.01. The monoisotopic (exact) mass is 442 g/mol. The summed E-state index contributed by atoms with van der Waals surface area (Å²) in [5, 5.41) is -0.0699. The highest BCUT2D eigenvalue weighted by atomic mass is 35.5. The van der Waals surface area contributed by atoms with Gasteiger partial charge in [-0.2, -0.15) is 0 Å². The van der Waals surface area contributed by atoms with Gasteiger partial charge in [0.25, 0.3) is 0 Å². The smallest absolute Gasteiger partial charge is 0.142 e. The molecule has 0 amide bonds. The maximum absolute atomic E-state index is 14.8. The quantitative estimate of drug-likeness (QED) is 0.370. The molecule has 0 aromatic heterocycles. The van der Waals surface area contributed by atoms with Gasteiger partial charge in [0.1, 0.15) is 17.5 Å². The van der Waals surface area contributed by atoms with Crippen molar-refractivity contribution in [2.45, 2.75) is 50.9 Å². The van der Waals surface area contributed by atoms with E-state index in [9.17, 15) is 13.2 Å². The molecule has 4 heteroatoms. The Morgan fingerprint density at radius 2 is 1.48 bits per heavy atom. The Morgan fingerprint density at radius 3 is 2.10 bits per heavy atom. The van der Waals surface area contributed by atoms with Crippen molar-refractivity contribution in [2.75, 3.05) is 0 Å². The normalized spacial score (nSPS) is 19.9. The first kappa shape index (κ1) is 22.0.